The predicted octanol–water partition coefficient (Wildman–Crippen LogP) is 3.95. The molecule has 0 N–H and O–H groups in total. The summed E-state index contributed by atoms with van der Waals surface area (Å²) in [6, 6.07) is 13.7. The first-order valence-electron chi connectivity index (χ1n) is 6.18. The molecule has 0 unspecified atom stereocenters. The quantitative estimate of drug-likeness (QED) is 0.786. The van der Waals surface area contributed by atoms with Crippen molar-refractivity contribution in [3.8, 4) is 0 Å². The van der Waals surface area contributed by atoms with Gasteiger partial charge in [-0.25, -0.2) is 4.90 Å². The molecule has 0 spiro atoms. The number of benzene rings is 2. The third kappa shape index (κ3) is 2.46. The molecule has 5 heteroatoms. The molecule has 2 amide bonds. The standard InChI is InChI=1S/C16H9Cl2NO2/c17-13-7-6-11(8-14(13)18)19-15(20)9-12(16(19)21)10-4-2-1-3-5-10/h1-9H. The van der Waals surface area contributed by atoms with Crippen molar-refractivity contribution in [2.45, 2.75) is 0 Å². The highest BCUT2D eigenvalue weighted by Crippen LogP contribution is 2.32. The molecule has 2 aromatic carbocycles. The minimum absolute atomic E-state index is 0.294. The maximum Gasteiger partial charge on any atom is 0.266 e. The van der Waals surface area contributed by atoms with Crippen LogP contribution in [0.15, 0.2) is 54.6 Å². The van der Waals surface area contributed by atoms with Crippen molar-refractivity contribution in [3.63, 3.8) is 0 Å². The van der Waals surface area contributed by atoms with Gasteiger partial charge in [0, 0.05) is 6.08 Å². The second kappa shape index (κ2) is 5.35. The van der Waals surface area contributed by atoms with Crippen molar-refractivity contribution in [3.05, 3.63) is 70.2 Å². The van der Waals surface area contributed by atoms with Gasteiger partial charge in [0.15, 0.2) is 0 Å². The van der Waals surface area contributed by atoms with E-state index in [2.05, 4.69) is 0 Å². The molecule has 1 aliphatic heterocycles. The highest BCUT2D eigenvalue weighted by Gasteiger charge is 2.33. The van der Waals surface area contributed by atoms with E-state index in [-0.39, 0.29) is 5.91 Å². The van der Waals surface area contributed by atoms with Crippen LogP contribution >= 0.6 is 23.2 Å². The number of imide groups is 1. The van der Waals surface area contributed by atoms with Crippen molar-refractivity contribution < 1.29 is 9.59 Å². The summed E-state index contributed by atoms with van der Waals surface area (Å²) >= 11 is 11.8. The number of rotatable bonds is 2. The molecule has 0 saturated carbocycles. The van der Waals surface area contributed by atoms with Crippen molar-refractivity contribution in [2.24, 2.45) is 0 Å². The van der Waals surface area contributed by atoms with Crippen molar-refractivity contribution in [1.29, 1.82) is 0 Å². The third-order valence-corrected chi connectivity index (χ3v) is 3.91. The molecule has 1 heterocycles. The number of hydrogen-bond donors (Lipinski definition) is 0. The Kier molecular flexibility index (Phi) is 3.53. The highest BCUT2D eigenvalue weighted by molar-refractivity contribution is 6.45. The van der Waals surface area contributed by atoms with Gasteiger partial charge in [0.25, 0.3) is 11.8 Å². The molecule has 0 radical (unpaired) electrons. The van der Waals surface area contributed by atoms with Crippen molar-refractivity contribution >= 4 is 46.3 Å². The smallest absolute Gasteiger partial charge is 0.266 e. The van der Waals surface area contributed by atoms with Crippen LogP contribution in [0, 0.1) is 0 Å². The highest BCUT2D eigenvalue weighted by atomic mass is 35.5. The second-order valence-electron chi connectivity index (χ2n) is 4.50. The van der Waals surface area contributed by atoms with Gasteiger partial charge in [-0.2, -0.15) is 0 Å². The summed E-state index contributed by atoms with van der Waals surface area (Å²) in [5, 5.41) is 0.665. The van der Waals surface area contributed by atoms with Gasteiger partial charge in [-0.3, -0.25) is 9.59 Å². The first-order chi connectivity index (χ1) is 10.1. The lowest BCUT2D eigenvalue weighted by atomic mass is 10.1. The molecule has 2 aromatic rings. The van der Waals surface area contributed by atoms with E-state index in [9.17, 15) is 9.59 Å². The maximum absolute atomic E-state index is 12.5. The molecule has 3 rings (SSSR count). The molecule has 0 atom stereocenters. The van der Waals surface area contributed by atoms with Gasteiger partial charge in [-0.1, -0.05) is 53.5 Å². The lowest BCUT2D eigenvalue weighted by Gasteiger charge is -2.15. The Hall–Kier alpha value is -2.10. The first kappa shape index (κ1) is 13.9. The summed E-state index contributed by atoms with van der Waals surface area (Å²) in [6.45, 7) is 0. The van der Waals surface area contributed by atoms with Gasteiger partial charge < -0.3 is 0 Å². The summed E-state index contributed by atoms with van der Waals surface area (Å²) in [5.74, 6) is -0.762. The average Bonchev–Trinajstić information content (AvgIpc) is 2.78. The minimum atomic E-state index is -0.391. The van der Waals surface area contributed by atoms with Crippen LogP contribution < -0.4 is 4.90 Å². The number of carbonyl (C=O) groups excluding carboxylic acids is 2. The maximum atomic E-state index is 12.5. The van der Waals surface area contributed by atoms with Gasteiger partial charge in [-0.05, 0) is 23.8 Å². The largest absolute Gasteiger partial charge is 0.269 e. The Bertz CT molecular complexity index is 769. The number of nitrogens with zero attached hydrogens (tertiary/aromatic N) is 1. The van der Waals surface area contributed by atoms with Gasteiger partial charge in [-0.15, -0.1) is 0 Å². The second-order valence-corrected chi connectivity index (χ2v) is 5.32. The number of anilines is 1. The topological polar surface area (TPSA) is 37.4 Å². The number of amides is 2. The summed E-state index contributed by atoms with van der Waals surface area (Å²) in [6.07, 6.45) is 1.33. The monoisotopic (exact) mass is 317 g/mol. The third-order valence-electron chi connectivity index (χ3n) is 3.17. The number of carbonyl (C=O) groups is 2. The van der Waals surface area contributed by atoms with Crippen LogP contribution in [-0.2, 0) is 9.59 Å². The van der Waals surface area contributed by atoms with Crippen LogP contribution in [0.4, 0.5) is 5.69 Å². The Morgan fingerprint density at radius 2 is 1.57 bits per heavy atom. The fourth-order valence-corrected chi connectivity index (χ4v) is 2.46. The van der Waals surface area contributed by atoms with Crippen LogP contribution in [0.3, 0.4) is 0 Å². The van der Waals surface area contributed by atoms with Crippen LogP contribution in [0.5, 0.6) is 0 Å². The molecular formula is C16H9Cl2NO2. The molecule has 0 aromatic heterocycles. The van der Waals surface area contributed by atoms with Crippen LogP contribution in [0.1, 0.15) is 5.56 Å². The molecule has 0 fully saturated rings. The SMILES string of the molecule is O=C1C=C(c2ccccc2)C(=O)N1c1ccc(Cl)c(Cl)c1. The predicted molar refractivity (Wildman–Crippen MR) is 83.4 cm³/mol. The summed E-state index contributed by atoms with van der Waals surface area (Å²) in [4.78, 5) is 25.7. The Balaban J connectivity index is 1.99. The molecule has 0 aliphatic carbocycles. The molecule has 0 bridgehead atoms. The van der Waals surface area contributed by atoms with Gasteiger partial charge in [0.2, 0.25) is 0 Å². The van der Waals surface area contributed by atoms with Gasteiger partial charge in [0.1, 0.15) is 0 Å². The molecule has 1 aliphatic rings. The summed E-state index contributed by atoms with van der Waals surface area (Å²) in [7, 11) is 0. The van der Waals surface area contributed by atoms with Crippen LogP contribution in [0.2, 0.25) is 10.0 Å². The van der Waals surface area contributed by atoms with E-state index in [1.54, 1.807) is 24.3 Å². The Morgan fingerprint density at radius 3 is 2.24 bits per heavy atom. The summed E-state index contributed by atoms with van der Waals surface area (Å²) in [5.41, 5.74) is 1.48. The fraction of sp³-hybridized carbons (Fsp3) is 0. The zero-order valence-electron chi connectivity index (χ0n) is 10.7. The fourth-order valence-electron chi connectivity index (χ4n) is 2.16. The molecule has 0 saturated heterocycles. The zero-order valence-corrected chi connectivity index (χ0v) is 12.2. The summed E-state index contributed by atoms with van der Waals surface area (Å²) < 4.78 is 0. The number of hydrogen-bond acceptors (Lipinski definition) is 2. The van der Waals surface area contributed by atoms with E-state index in [0.717, 1.165) is 4.90 Å². The minimum Gasteiger partial charge on any atom is -0.269 e. The molecular weight excluding hydrogens is 309 g/mol. The lowest BCUT2D eigenvalue weighted by Crippen LogP contribution is -2.30. The van der Waals surface area contributed by atoms with E-state index in [4.69, 9.17) is 23.2 Å². The van der Waals surface area contributed by atoms with E-state index < -0.39 is 5.91 Å². The molecule has 21 heavy (non-hydrogen) atoms. The zero-order chi connectivity index (χ0) is 15.0. The molecule has 104 valence electrons. The molecule has 3 nitrogen and oxygen atoms in total. The van der Waals surface area contributed by atoms with Crippen LogP contribution in [0.25, 0.3) is 5.57 Å². The van der Waals surface area contributed by atoms with Crippen molar-refractivity contribution in [1.82, 2.24) is 0 Å². The van der Waals surface area contributed by atoms with Gasteiger partial charge >= 0.3 is 0 Å². The Morgan fingerprint density at radius 1 is 0.857 bits per heavy atom. The van der Waals surface area contributed by atoms with Crippen LogP contribution in [-0.4, -0.2) is 11.8 Å². The normalized spacial score (nSPS) is 14.6. The van der Waals surface area contributed by atoms with E-state index >= 15 is 0 Å². The first-order valence-corrected chi connectivity index (χ1v) is 6.94. The van der Waals surface area contributed by atoms with E-state index in [1.165, 1.54) is 12.1 Å². The van der Waals surface area contributed by atoms with E-state index in [0.29, 0.717) is 26.9 Å². The van der Waals surface area contributed by atoms with E-state index in [1.807, 2.05) is 18.2 Å². The van der Waals surface area contributed by atoms with Gasteiger partial charge in [0.05, 0.1) is 21.3 Å². The van der Waals surface area contributed by atoms with Crippen molar-refractivity contribution in [2.75, 3.05) is 4.90 Å². The average molecular weight is 318 g/mol. The number of halogens is 2. The Labute approximate surface area is 131 Å². The lowest BCUT2D eigenvalue weighted by molar-refractivity contribution is -0.119.